The molecule has 0 spiro atoms. The van der Waals surface area contributed by atoms with Crippen molar-refractivity contribution in [3.8, 4) is 11.1 Å². The smallest absolute Gasteiger partial charge is 0.0488 e. The summed E-state index contributed by atoms with van der Waals surface area (Å²) in [6.07, 6.45) is 5.40. The molecule has 2 heterocycles. The van der Waals surface area contributed by atoms with Gasteiger partial charge in [0.05, 0.1) is 0 Å². The molecule has 3 aromatic rings. The molecule has 0 aliphatic rings. The zero-order valence-corrected chi connectivity index (χ0v) is 9.93. The van der Waals surface area contributed by atoms with Gasteiger partial charge in [0.1, 0.15) is 0 Å². The molecule has 0 aliphatic carbocycles. The van der Waals surface area contributed by atoms with Gasteiger partial charge in [0.15, 0.2) is 0 Å². The zero-order valence-electron chi connectivity index (χ0n) is 9.93. The van der Waals surface area contributed by atoms with Gasteiger partial charge in [-0.2, -0.15) is 0 Å². The first-order chi connectivity index (χ1) is 8.40. The maximum absolute atomic E-state index is 2.23. The summed E-state index contributed by atoms with van der Waals surface area (Å²) in [6, 6.07) is 17.0. The first-order valence-electron chi connectivity index (χ1n) is 6.04. The lowest BCUT2D eigenvalue weighted by Gasteiger charge is -2.01. The largest absolute Gasteiger partial charge is 0.323 e. The van der Waals surface area contributed by atoms with E-state index in [1.54, 1.807) is 0 Å². The van der Waals surface area contributed by atoms with Crippen LogP contribution in [0.25, 0.3) is 16.6 Å². The Labute approximate surface area is 101 Å². The third-order valence-corrected chi connectivity index (χ3v) is 3.23. The average molecular weight is 221 g/mol. The van der Waals surface area contributed by atoms with Crippen molar-refractivity contribution >= 4 is 5.52 Å². The van der Waals surface area contributed by atoms with E-state index in [4.69, 9.17) is 0 Å². The minimum absolute atomic E-state index is 1.06. The SMILES string of the molecule is CCc1c(-c2ccccc2)cn2ccccc12. The lowest BCUT2D eigenvalue weighted by molar-refractivity contribution is 1.15. The van der Waals surface area contributed by atoms with Gasteiger partial charge in [-0.25, -0.2) is 0 Å². The number of hydrogen-bond acceptors (Lipinski definition) is 0. The van der Waals surface area contributed by atoms with Gasteiger partial charge in [-0.1, -0.05) is 43.3 Å². The number of pyridine rings is 1. The van der Waals surface area contributed by atoms with E-state index >= 15 is 0 Å². The molecule has 17 heavy (non-hydrogen) atoms. The van der Waals surface area contributed by atoms with Gasteiger partial charge < -0.3 is 4.40 Å². The van der Waals surface area contributed by atoms with Crippen LogP contribution < -0.4 is 0 Å². The Morgan fingerprint density at radius 3 is 2.47 bits per heavy atom. The van der Waals surface area contributed by atoms with Crippen LogP contribution in [0.5, 0.6) is 0 Å². The molecule has 84 valence electrons. The Bertz CT molecular complexity index is 635. The monoisotopic (exact) mass is 221 g/mol. The van der Waals surface area contributed by atoms with E-state index in [0.717, 1.165) is 6.42 Å². The fraction of sp³-hybridized carbons (Fsp3) is 0.125. The second kappa shape index (κ2) is 4.10. The number of rotatable bonds is 2. The van der Waals surface area contributed by atoms with Crippen LogP contribution in [-0.2, 0) is 6.42 Å². The number of fused-ring (bicyclic) bond motifs is 1. The number of benzene rings is 1. The Morgan fingerprint density at radius 2 is 1.71 bits per heavy atom. The molecule has 0 aliphatic heterocycles. The second-order valence-electron chi connectivity index (χ2n) is 4.23. The van der Waals surface area contributed by atoms with Crippen molar-refractivity contribution in [3.63, 3.8) is 0 Å². The van der Waals surface area contributed by atoms with E-state index in [1.807, 2.05) is 0 Å². The van der Waals surface area contributed by atoms with Gasteiger partial charge >= 0.3 is 0 Å². The molecule has 0 fully saturated rings. The van der Waals surface area contributed by atoms with Crippen molar-refractivity contribution in [1.29, 1.82) is 0 Å². The maximum Gasteiger partial charge on any atom is 0.0488 e. The van der Waals surface area contributed by atoms with E-state index < -0.39 is 0 Å². The van der Waals surface area contributed by atoms with Crippen molar-refractivity contribution in [2.45, 2.75) is 13.3 Å². The van der Waals surface area contributed by atoms with Crippen molar-refractivity contribution in [1.82, 2.24) is 4.40 Å². The highest BCUT2D eigenvalue weighted by atomic mass is 14.9. The Kier molecular flexibility index (Phi) is 2.45. The number of aryl methyl sites for hydroxylation is 1. The molecule has 0 amide bonds. The predicted molar refractivity (Wildman–Crippen MR) is 72.2 cm³/mol. The Morgan fingerprint density at radius 1 is 0.941 bits per heavy atom. The molecule has 0 atom stereocenters. The molecule has 1 nitrogen and oxygen atoms in total. The summed E-state index contributed by atoms with van der Waals surface area (Å²) in [4.78, 5) is 0. The van der Waals surface area contributed by atoms with E-state index in [9.17, 15) is 0 Å². The molecular formula is C16H15N. The number of aromatic nitrogens is 1. The Balaban J connectivity index is 2.30. The first-order valence-corrected chi connectivity index (χ1v) is 6.04. The summed E-state index contributed by atoms with van der Waals surface area (Å²) in [5.74, 6) is 0. The highest BCUT2D eigenvalue weighted by Gasteiger charge is 2.09. The van der Waals surface area contributed by atoms with Gasteiger partial charge in [0, 0.05) is 23.5 Å². The van der Waals surface area contributed by atoms with Crippen LogP contribution >= 0.6 is 0 Å². The summed E-state index contributed by atoms with van der Waals surface area (Å²) in [7, 11) is 0. The van der Waals surface area contributed by atoms with Crippen LogP contribution in [0.15, 0.2) is 60.9 Å². The summed E-state index contributed by atoms with van der Waals surface area (Å²) in [5.41, 5.74) is 5.39. The van der Waals surface area contributed by atoms with E-state index in [0.29, 0.717) is 0 Å². The summed E-state index contributed by atoms with van der Waals surface area (Å²) >= 11 is 0. The van der Waals surface area contributed by atoms with Gasteiger partial charge in [0.25, 0.3) is 0 Å². The summed E-state index contributed by atoms with van der Waals surface area (Å²) in [5, 5.41) is 0. The molecule has 1 heteroatoms. The molecule has 2 aromatic heterocycles. The van der Waals surface area contributed by atoms with Crippen LogP contribution in [-0.4, -0.2) is 4.40 Å². The standard InChI is InChI=1S/C16H15N/c1-2-14-15(13-8-4-3-5-9-13)12-17-11-7-6-10-16(14)17/h3-12H,2H2,1H3. The molecule has 0 bridgehead atoms. The maximum atomic E-state index is 2.23. The minimum atomic E-state index is 1.06. The normalized spacial score (nSPS) is 10.9. The topological polar surface area (TPSA) is 4.41 Å². The fourth-order valence-corrected chi connectivity index (χ4v) is 2.42. The quantitative estimate of drug-likeness (QED) is 0.612. The molecule has 0 saturated heterocycles. The average Bonchev–Trinajstić information content (AvgIpc) is 2.78. The second-order valence-corrected chi connectivity index (χ2v) is 4.23. The molecule has 0 unspecified atom stereocenters. The van der Waals surface area contributed by atoms with E-state index in [2.05, 4.69) is 72.2 Å². The van der Waals surface area contributed by atoms with E-state index in [-0.39, 0.29) is 0 Å². The molecule has 0 N–H and O–H groups in total. The van der Waals surface area contributed by atoms with Crippen LogP contribution in [0.3, 0.4) is 0 Å². The van der Waals surface area contributed by atoms with Crippen LogP contribution in [0.2, 0.25) is 0 Å². The van der Waals surface area contributed by atoms with Crippen molar-refractivity contribution < 1.29 is 0 Å². The van der Waals surface area contributed by atoms with E-state index in [1.165, 1.54) is 22.2 Å². The van der Waals surface area contributed by atoms with Crippen LogP contribution in [0, 0.1) is 0 Å². The lowest BCUT2D eigenvalue weighted by atomic mass is 10.0. The van der Waals surface area contributed by atoms with Crippen molar-refractivity contribution in [3.05, 3.63) is 66.5 Å². The van der Waals surface area contributed by atoms with Crippen LogP contribution in [0.1, 0.15) is 12.5 Å². The van der Waals surface area contributed by atoms with Crippen molar-refractivity contribution in [2.24, 2.45) is 0 Å². The first kappa shape index (κ1) is 10.2. The molecule has 0 saturated carbocycles. The highest BCUT2D eigenvalue weighted by Crippen LogP contribution is 2.28. The minimum Gasteiger partial charge on any atom is -0.323 e. The third-order valence-electron chi connectivity index (χ3n) is 3.23. The highest BCUT2D eigenvalue weighted by molar-refractivity contribution is 5.76. The van der Waals surface area contributed by atoms with Gasteiger partial charge in [-0.3, -0.25) is 0 Å². The fourth-order valence-electron chi connectivity index (χ4n) is 2.42. The zero-order chi connectivity index (χ0) is 11.7. The number of nitrogens with zero attached hydrogens (tertiary/aromatic N) is 1. The molecular weight excluding hydrogens is 206 g/mol. The lowest BCUT2D eigenvalue weighted by Crippen LogP contribution is -1.83. The summed E-state index contributed by atoms with van der Waals surface area (Å²) < 4.78 is 2.21. The van der Waals surface area contributed by atoms with Gasteiger partial charge in [0.2, 0.25) is 0 Å². The molecule has 0 radical (unpaired) electrons. The predicted octanol–water partition coefficient (Wildman–Crippen LogP) is 4.17. The van der Waals surface area contributed by atoms with Gasteiger partial charge in [-0.15, -0.1) is 0 Å². The van der Waals surface area contributed by atoms with Crippen molar-refractivity contribution in [2.75, 3.05) is 0 Å². The Hall–Kier alpha value is -2.02. The van der Waals surface area contributed by atoms with Gasteiger partial charge in [-0.05, 0) is 29.7 Å². The molecule has 3 rings (SSSR count). The number of hydrogen-bond donors (Lipinski definition) is 0. The van der Waals surface area contributed by atoms with Crippen LogP contribution in [0.4, 0.5) is 0 Å². The molecule has 1 aromatic carbocycles. The third kappa shape index (κ3) is 1.64. The summed E-state index contributed by atoms with van der Waals surface area (Å²) in [6.45, 7) is 2.22.